The van der Waals surface area contributed by atoms with Gasteiger partial charge >= 0.3 is 0 Å². The Morgan fingerprint density at radius 1 is 1.47 bits per heavy atom. The Morgan fingerprint density at radius 3 is 2.73 bits per heavy atom. The Hall–Kier alpha value is -1.43. The molecule has 0 aliphatic rings. The smallest absolute Gasteiger partial charge is 0.250 e. The summed E-state index contributed by atoms with van der Waals surface area (Å²) in [5.41, 5.74) is 3.23. The van der Waals surface area contributed by atoms with Crippen LogP contribution < -0.4 is 5.43 Å². The van der Waals surface area contributed by atoms with Crippen molar-refractivity contribution in [3.05, 3.63) is 18.5 Å². The normalized spacial score (nSPS) is 9.47. The summed E-state index contributed by atoms with van der Waals surface area (Å²) in [5, 5.41) is 4.39. The minimum Gasteiger partial charge on any atom is -0.272 e. The Kier molecular flexibility index (Phi) is 4.76. The third-order valence-corrected chi connectivity index (χ3v) is 2.15. The van der Waals surface area contributed by atoms with Crippen LogP contribution in [0.4, 0.5) is 0 Å². The number of carbonyl (C=O) groups excluding carboxylic acids is 1. The highest BCUT2D eigenvalue weighted by Crippen LogP contribution is 2.09. The van der Waals surface area contributed by atoms with Gasteiger partial charge in [-0.3, -0.25) is 4.79 Å². The zero-order chi connectivity index (χ0) is 11.1. The maximum atomic E-state index is 11.2. The Morgan fingerprint density at radius 2 is 2.13 bits per heavy atom. The van der Waals surface area contributed by atoms with Crippen molar-refractivity contribution in [1.82, 2.24) is 15.4 Å². The molecule has 80 valence electrons. The van der Waals surface area contributed by atoms with Crippen LogP contribution in [0, 0.1) is 0 Å². The van der Waals surface area contributed by atoms with Gasteiger partial charge in [-0.05, 0) is 19.9 Å². The van der Waals surface area contributed by atoms with E-state index >= 15 is 0 Å². The maximum Gasteiger partial charge on any atom is 0.250 e. The number of amides is 1. The zero-order valence-electron chi connectivity index (χ0n) is 8.60. The lowest BCUT2D eigenvalue weighted by molar-refractivity contribution is -0.118. The molecule has 0 saturated carbocycles. The van der Waals surface area contributed by atoms with Crippen molar-refractivity contribution >= 4 is 23.4 Å². The molecule has 0 fully saturated rings. The number of nitrogens with one attached hydrogen (secondary N) is 1. The summed E-state index contributed by atoms with van der Waals surface area (Å²) in [6, 6.07) is 1.73. The second kappa shape index (κ2) is 6.13. The maximum absolute atomic E-state index is 11.2. The van der Waals surface area contributed by atoms with Crippen molar-refractivity contribution in [3.8, 4) is 0 Å². The van der Waals surface area contributed by atoms with E-state index in [1.807, 2.05) is 13.8 Å². The van der Waals surface area contributed by atoms with Crippen LogP contribution in [0.15, 0.2) is 28.7 Å². The Balaban J connectivity index is 2.32. The fraction of sp³-hybridized carbons (Fsp3) is 0.333. The zero-order valence-corrected chi connectivity index (χ0v) is 9.41. The molecular formula is C9H12N4OS. The van der Waals surface area contributed by atoms with Crippen LogP contribution in [0.1, 0.15) is 13.8 Å². The molecule has 0 saturated heterocycles. The fourth-order valence-electron chi connectivity index (χ4n) is 0.696. The molecular weight excluding hydrogens is 212 g/mol. The lowest BCUT2D eigenvalue weighted by Crippen LogP contribution is -2.20. The molecule has 0 aromatic carbocycles. The van der Waals surface area contributed by atoms with Gasteiger partial charge in [-0.25, -0.2) is 15.4 Å². The number of rotatable bonds is 4. The number of hydrazone groups is 1. The minimum absolute atomic E-state index is 0.159. The monoisotopic (exact) mass is 224 g/mol. The third-order valence-electron chi connectivity index (χ3n) is 1.28. The van der Waals surface area contributed by atoms with Crippen molar-refractivity contribution < 1.29 is 4.79 Å². The summed E-state index contributed by atoms with van der Waals surface area (Å²) in [6.45, 7) is 3.63. The van der Waals surface area contributed by atoms with Crippen molar-refractivity contribution in [2.45, 2.75) is 19.0 Å². The van der Waals surface area contributed by atoms with E-state index in [0.29, 0.717) is 5.16 Å². The summed E-state index contributed by atoms with van der Waals surface area (Å²) in [7, 11) is 0. The van der Waals surface area contributed by atoms with Crippen LogP contribution in [0.3, 0.4) is 0 Å². The van der Waals surface area contributed by atoms with Gasteiger partial charge in [0.05, 0.1) is 5.75 Å². The van der Waals surface area contributed by atoms with Crippen LogP contribution in [0.2, 0.25) is 0 Å². The summed E-state index contributed by atoms with van der Waals surface area (Å²) >= 11 is 1.28. The van der Waals surface area contributed by atoms with E-state index in [1.165, 1.54) is 11.8 Å². The molecule has 1 N–H and O–H groups in total. The predicted octanol–water partition coefficient (Wildman–Crippen LogP) is 1.08. The molecule has 1 heterocycles. The largest absolute Gasteiger partial charge is 0.272 e. The average Bonchev–Trinajstić information content (AvgIpc) is 2.25. The molecule has 1 rings (SSSR count). The van der Waals surface area contributed by atoms with Crippen molar-refractivity contribution in [2.75, 3.05) is 5.75 Å². The van der Waals surface area contributed by atoms with E-state index in [4.69, 9.17) is 0 Å². The third kappa shape index (κ3) is 5.11. The molecule has 5 nitrogen and oxygen atoms in total. The Labute approximate surface area is 92.4 Å². The van der Waals surface area contributed by atoms with E-state index in [0.717, 1.165) is 5.71 Å². The van der Waals surface area contributed by atoms with Gasteiger partial charge < -0.3 is 0 Å². The van der Waals surface area contributed by atoms with E-state index in [-0.39, 0.29) is 11.7 Å². The SMILES string of the molecule is CC(C)=NNC(=O)CSc1ncccn1. The van der Waals surface area contributed by atoms with Gasteiger partial charge in [0.2, 0.25) is 0 Å². The first-order chi connectivity index (χ1) is 7.18. The molecule has 0 unspecified atom stereocenters. The van der Waals surface area contributed by atoms with Crippen LogP contribution in [-0.4, -0.2) is 27.3 Å². The number of thioether (sulfide) groups is 1. The molecule has 0 bridgehead atoms. The topological polar surface area (TPSA) is 67.2 Å². The number of aromatic nitrogens is 2. The van der Waals surface area contributed by atoms with Gasteiger partial charge in [-0.15, -0.1) is 0 Å². The summed E-state index contributed by atoms with van der Waals surface area (Å²) < 4.78 is 0. The van der Waals surface area contributed by atoms with Crippen LogP contribution in [0.25, 0.3) is 0 Å². The van der Waals surface area contributed by atoms with Crippen LogP contribution in [-0.2, 0) is 4.79 Å². The van der Waals surface area contributed by atoms with E-state index < -0.39 is 0 Å². The average molecular weight is 224 g/mol. The summed E-state index contributed by atoms with van der Waals surface area (Å²) in [5.74, 6) is 0.106. The minimum atomic E-state index is -0.159. The predicted molar refractivity (Wildman–Crippen MR) is 59.7 cm³/mol. The van der Waals surface area contributed by atoms with E-state index in [1.54, 1.807) is 18.5 Å². The lowest BCUT2D eigenvalue weighted by atomic mass is 10.5. The molecule has 1 aromatic rings. The first kappa shape index (κ1) is 11.6. The van der Waals surface area contributed by atoms with Gasteiger partial charge in [0, 0.05) is 18.1 Å². The van der Waals surface area contributed by atoms with Gasteiger partial charge in [0.1, 0.15) is 0 Å². The second-order valence-corrected chi connectivity index (χ2v) is 3.86. The quantitative estimate of drug-likeness (QED) is 0.360. The van der Waals surface area contributed by atoms with Gasteiger partial charge in [-0.1, -0.05) is 11.8 Å². The van der Waals surface area contributed by atoms with Gasteiger partial charge in [0.15, 0.2) is 5.16 Å². The van der Waals surface area contributed by atoms with Crippen LogP contribution >= 0.6 is 11.8 Å². The fourth-order valence-corrected chi connectivity index (χ4v) is 1.29. The molecule has 0 aliphatic carbocycles. The first-order valence-electron chi connectivity index (χ1n) is 4.38. The summed E-state index contributed by atoms with van der Waals surface area (Å²) in [4.78, 5) is 19.2. The standard InChI is InChI=1S/C9H12N4OS/c1-7(2)12-13-8(14)6-15-9-10-4-3-5-11-9/h3-5H,6H2,1-2H3,(H,13,14). The number of carbonyl (C=O) groups is 1. The molecule has 0 radical (unpaired) electrons. The number of hydrogen-bond acceptors (Lipinski definition) is 5. The van der Waals surface area contributed by atoms with Crippen molar-refractivity contribution in [3.63, 3.8) is 0 Å². The first-order valence-corrected chi connectivity index (χ1v) is 5.36. The van der Waals surface area contributed by atoms with E-state index in [2.05, 4.69) is 20.5 Å². The molecule has 0 atom stereocenters. The van der Waals surface area contributed by atoms with Crippen molar-refractivity contribution in [2.24, 2.45) is 5.10 Å². The van der Waals surface area contributed by atoms with Gasteiger partial charge in [0.25, 0.3) is 5.91 Å². The molecule has 6 heteroatoms. The molecule has 0 spiro atoms. The highest BCUT2D eigenvalue weighted by atomic mass is 32.2. The Bertz CT molecular complexity index is 348. The van der Waals surface area contributed by atoms with Gasteiger partial charge in [-0.2, -0.15) is 5.10 Å². The highest BCUT2D eigenvalue weighted by Gasteiger charge is 2.02. The second-order valence-electron chi connectivity index (χ2n) is 2.91. The lowest BCUT2D eigenvalue weighted by Gasteiger charge is -1.99. The molecule has 1 aromatic heterocycles. The molecule has 1 amide bonds. The number of nitrogens with zero attached hydrogens (tertiary/aromatic N) is 3. The molecule has 0 aliphatic heterocycles. The van der Waals surface area contributed by atoms with Crippen molar-refractivity contribution in [1.29, 1.82) is 0 Å². The van der Waals surface area contributed by atoms with Crippen LogP contribution in [0.5, 0.6) is 0 Å². The molecule has 15 heavy (non-hydrogen) atoms. The highest BCUT2D eigenvalue weighted by molar-refractivity contribution is 7.99. The summed E-state index contributed by atoms with van der Waals surface area (Å²) in [6.07, 6.45) is 3.28. The number of hydrogen-bond donors (Lipinski definition) is 1. The van der Waals surface area contributed by atoms with E-state index in [9.17, 15) is 4.79 Å².